The first-order valence-electron chi connectivity index (χ1n) is 5.26. The molecule has 8 heteroatoms. The zero-order valence-corrected chi connectivity index (χ0v) is 11.2. The molecule has 0 unspecified atom stereocenters. The number of hydrogen-bond donors (Lipinski definition) is 0. The van der Waals surface area contributed by atoms with Gasteiger partial charge in [0.2, 0.25) is 10.0 Å². The Bertz CT molecular complexity index is 648. The van der Waals surface area contributed by atoms with Crippen molar-refractivity contribution < 1.29 is 20.7 Å². The van der Waals surface area contributed by atoms with Crippen LogP contribution in [-0.2, 0) is 20.2 Å². The maximum absolute atomic E-state index is 12.7. The molecule has 0 saturated heterocycles. The molecule has 0 amide bonds. The lowest BCUT2D eigenvalue weighted by Crippen LogP contribution is -2.28. The highest BCUT2D eigenvalue weighted by Gasteiger charge is 2.35. The van der Waals surface area contributed by atoms with Gasteiger partial charge >= 0.3 is 10.2 Å². The molecule has 0 bridgehead atoms. The summed E-state index contributed by atoms with van der Waals surface area (Å²) in [4.78, 5) is -0.583. The Hall–Kier alpha value is -0.990. The lowest BCUT2D eigenvalue weighted by molar-refractivity contribution is 0.464. The number of nitrogens with zero attached hydrogens (tertiary/aromatic N) is 1. The quantitative estimate of drug-likeness (QED) is 0.780. The van der Waals surface area contributed by atoms with Crippen molar-refractivity contribution in [3.63, 3.8) is 0 Å². The molecule has 0 radical (unpaired) electrons. The van der Waals surface area contributed by atoms with E-state index in [0.29, 0.717) is 0 Å². The van der Waals surface area contributed by atoms with Crippen LogP contribution in [0.4, 0.5) is 3.89 Å². The van der Waals surface area contributed by atoms with Gasteiger partial charge in [0, 0.05) is 13.1 Å². The van der Waals surface area contributed by atoms with Crippen LogP contribution in [0.3, 0.4) is 0 Å². The van der Waals surface area contributed by atoms with Crippen LogP contribution >= 0.6 is 0 Å². The average Bonchev–Trinajstić information content (AvgIpc) is 3.11. The van der Waals surface area contributed by atoms with E-state index in [1.54, 1.807) is 0 Å². The van der Waals surface area contributed by atoms with Gasteiger partial charge in [-0.25, -0.2) is 8.42 Å². The maximum Gasteiger partial charge on any atom is 0.332 e. The van der Waals surface area contributed by atoms with Crippen molar-refractivity contribution in [2.75, 3.05) is 7.05 Å². The van der Waals surface area contributed by atoms with Crippen molar-refractivity contribution in [2.24, 2.45) is 0 Å². The summed E-state index contributed by atoms with van der Waals surface area (Å²) in [7, 11) is -6.94. The molecule has 0 atom stereocenters. The van der Waals surface area contributed by atoms with Crippen molar-refractivity contribution in [1.29, 1.82) is 0 Å². The Morgan fingerprint density at radius 2 is 1.50 bits per heavy atom. The second kappa shape index (κ2) is 4.29. The minimum Gasteiger partial charge on any atom is -0.207 e. The Morgan fingerprint density at radius 1 is 1.06 bits per heavy atom. The highest BCUT2D eigenvalue weighted by molar-refractivity contribution is 7.89. The predicted molar refractivity (Wildman–Crippen MR) is 62.7 cm³/mol. The standard InChI is InChI=1S/C10H12FNO4S2/c1-12(8-2-3-8)18(15,16)10-6-4-9(5-7-10)17(11,13)14/h4-8H,2-3H2,1H3. The Balaban J connectivity index is 2.35. The number of benzene rings is 1. The summed E-state index contributed by atoms with van der Waals surface area (Å²) in [6.07, 6.45) is 1.65. The van der Waals surface area contributed by atoms with E-state index in [9.17, 15) is 20.7 Å². The van der Waals surface area contributed by atoms with E-state index in [-0.39, 0.29) is 10.9 Å². The lowest BCUT2D eigenvalue weighted by atomic mass is 10.4. The zero-order valence-electron chi connectivity index (χ0n) is 9.58. The minimum atomic E-state index is -4.80. The van der Waals surface area contributed by atoms with E-state index in [1.165, 1.54) is 11.4 Å². The summed E-state index contributed by atoms with van der Waals surface area (Å²) in [5.74, 6) is 0. The SMILES string of the molecule is CN(C1CC1)S(=O)(=O)c1ccc(S(=O)(=O)F)cc1. The molecule has 18 heavy (non-hydrogen) atoms. The van der Waals surface area contributed by atoms with Crippen LogP contribution in [-0.4, -0.2) is 34.2 Å². The fourth-order valence-corrected chi connectivity index (χ4v) is 3.45. The largest absolute Gasteiger partial charge is 0.332 e. The van der Waals surface area contributed by atoms with Crippen LogP contribution in [0.2, 0.25) is 0 Å². The fraction of sp³-hybridized carbons (Fsp3) is 0.400. The van der Waals surface area contributed by atoms with Crippen molar-refractivity contribution >= 4 is 20.2 Å². The predicted octanol–water partition coefficient (Wildman–Crippen LogP) is 1.13. The number of halogens is 1. The minimum absolute atomic E-state index is 0.0135. The second-order valence-corrected chi connectivity index (χ2v) is 7.51. The molecule has 2 rings (SSSR count). The Morgan fingerprint density at radius 3 is 1.89 bits per heavy atom. The van der Waals surface area contributed by atoms with Crippen LogP contribution in [0.1, 0.15) is 12.8 Å². The van der Waals surface area contributed by atoms with Crippen molar-refractivity contribution in [3.8, 4) is 0 Å². The Labute approximate surface area is 105 Å². The summed E-state index contributed by atoms with van der Waals surface area (Å²) >= 11 is 0. The molecule has 5 nitrogen and oxygen atoms in total. The number of sulfonamides is 1. The first-order chi connectivity index (χ1) is 8.23. The van der Waals surface area contributed by atoms with Gasteiger partial charge in [0.05, 0.1) is 9.79 Å². The van der Waals surface area contributed by atoms with Gasteiger partial charge < -0.3 is 0 Å². The molecule has 100 valence electrons. The van der Waals surface area contributed by atoms with Gasteiger partial charge in [0.15, 0.2) is 0 Å². The molecule has 0 aromatic heterocycles. The monoisotopic (exact) mass is 293 g/mol. The van der Waals surface area contributed by atoms with Crippen LogP contribution in [0.5, 0.6) is 0 Å². The molecule has 0 N–H and O–H groups in total. The first-order valence-corrected chi connectivity index (χ1v) is 8.08. The van der Waals surface area contributed by atoms with Crippen molar-refractivity contribution in [2.45, 2.75) is 28.7 Å². The molecule has 0 spiro atoms. The van der Waals surface area contributed by atoms with E-state index in [1.807, 2.05) is 0 Å². The van der Waals surface area contributed by atoms with Crippen molar-refractivity contribution in [3.05, 3.63) is 24.3 Å². The normalized spacial score (nSPS) is 17.1. The lowest BCUT2D eigenvalue weighted by Gasteiger charge is -2.16. The molecule has 1 saturated carbocycles. The van der Waals surface area contributed by atoms with E-state index >= 15 is 0 Å². The summed E-state index contributed by atoms with van der Waals surface area (Å²) in [5, 5.41) is 0. The smallest absolute Gasteiger partial charge is 0.207 e. The third kappa shape index (κ3) is 2.55. The Kier molecular flexibility index (Phi) is 3.20. The van der Waals surface area contributed by atoms with Crippen LogP contribution < -0.4 is 0 Å². The van der Waals surface area contributed by atoms with Gasteiger partial charge in [-0.2, -0.15) is 12.7 Å². The van der Waals surface area contributed by atoms with Gasteiger partial charge in [0.25, 0.3) is 0 Å². The number of rotatable bonds is 4. The number of hydrogen-bond acceptors (Lipinski definition) is 4. The molecule has 0 heterocycles. The van der Waals surface area contributed by atoms with Gasteiger partial charge in [-0.1, -0.05) is 0 Å². The summed E-state index contributed by atoms with van der Waals surface area (Å²) < 4.78 is 59.3. The topological polar surface area (TPSA) is 71.5 Å². The molecular weight excluding hydrogens is 281 g/mol. The first kappa shape index (κ1) is 13.4. The summed E-state index contributed by atoms with van der Waals surface area (Å²) in [5.41, 5.74) is 0. The molecule has 1 aliphatic carbocycles. The van der Waals surface area contributed by atoms with E-state index < -0.39 is 25.1 Å². The van der Waals surface area contributed by atoms with E-state index in [2.05, 4.69) is 0 Å². The van der Waals surface area contributed by atoms with Crippen molar-refractivity contribution in [1.82, 2.24) is 4.31 Å². The van der Waals surface area contributed by atoms with Gasteiger partial charge in [-0.3, -0.25) is 0 Å². The van der Waals surface area contributed by atoms with Crippen LogP contribution in [0.25, 0.3) is 0 Å². The van der Waals surface area contributed by atoms with Gasteiger partial charge in [-0.15, -0.1) is 3.89 Å². The molecule has 1 aliphatic rings. The third-order valence-corrected chi connectivity index (χ3v) is 5.60. The highest BCUT2D eigenvalue weighted by Crippen LogP contribution is 2.30. The molecule has 0 aliphatic heterocycles. The summed E-state index contributed by atoms with van der Waals surface area (Å²) in [6.45, 7) is 0. The second-order valence-electron chi connectivity index (χ2n) is 4.16. The van der Waals surface area contributed by atoms with Crippen LogP contribution in [0, 0.1) is 0 Å². The van der Waals surface area contributed by atoms with Crippen LogP contribution in [0.15, 0.2) is 34.1 Å². The fourth-order valence-electron chi connectivity index (χ4n) is 1.57. The van der Waals surface area contributed by atoms with Gasteiger partial charge in [-0.05, 0) is 37.1 Å². The summed E-state index contributed by atoms with van der Waals surface area (Å²) in [6, 6.07) is 4.10. The zero-order chi connectivity index (χ0) is 13.6. The average molecular weight is 293 g/mol. The van der Waals surface area contributed by atoms with E-state index in [0.717, 1.165) is 37.1 Å². The molecular formula is C10H12FNO4S2. The van der Waals surface area contributed by atoms with Gasteiger partial charge in [0.1, 0.15) is 0 Å². The molecule has 1 aromatic carbocycles. The highest BCUT2D eigenvalue weighted by atomic mass is 32.3. The molecule has 1 fully saturated rings. The molecule has 1 aromatic rings. The van der Waals surface area contributed by atoms with E-state index in [4.69, 9.17) is 0 Å². The third-order valence-electron chi connectivity index (χ3n) is 2.84. The maximum atomic E-state index is 12.7.